The van der Waals surface area contributed by atoms with Gasteiger partial charge in [0, 0.05) is 12.6 Å². The number of hydrogen-bond acceptors (Lipinski definition) is 4. The second-order valence-electron chi connectivity index (χ2n) is 7.33. The zero-order chi connectivity index (χ0) is 18.8. The summed E-state index contributed by atoms with van der Waals surface area (Å²) in [7, 11) is -3.75. The molecule has 3 unspecified atom stereocenters. The van der Waals surface area contributed by atoms with Crippen LogP contribution >= 0.6 is 0 Å². The lowest BCUT2D eigenvalue weighted by Crippen LogP contribution is -2.52. The highest BCUT2D eigenvalue weighted by Crippen LogP contribution is 2.24. The number of aryl methyl sites for hydroxylation is 1. The highest BCUT2D eigenvalue weighted by atomic mass is 32.2. The number of nitrogens with one attached hydrogen (secondary N) is 1. The van der Waals surface area contributed by atoms with Gasteiger partial charge < -0.3 is 10.6 Å². The number of nitrogens with two attached hydrogens (primary N) is 1. The van der Waals surface area contributed by atoms with Crippen LogP contribution in [0.25, 0.3) is 0 Å². The molecule has 0 aliphatic carbocycles. The summed E-state index contributed by atoms with van der Waals surface area (Å²) in [6, 6.07) is 5.89. The second-order valence-corrected chi connectivity index (χ2v) is 9.05. The molecular formula is C18H29N3O3S. The standard InChI is InChI=1S/C18H29N3O3S/c1-12(2)17(18(22)21-11-15(10-19)9-14(21)4)20-25(23,24)16-7-5-13(3)6-8-16/h5-8,12,14-15,17,20H,9-11,19H2,1-4H3. The Morgan fingerprint density at radius 2 is 1.92 bits per heavy atom. The van der Waals surface area contributed by atoms with Crippen molar-refractivity contribution in [3.05, 3.63) is 29.8 Å². The van der Waals surface area contributed by atoms with Crippen LogP contribution < -0.4 is 10.5 Å². The largest absolute Gasteiger partial charge is 0.338 e. The quantitative estimate of drug-likeness (QED) is 0.797. The van der Waals surface area contributed by atoms with E-state index in [0.717, 1.165) is 12.0 Å². The molecule has 1 aromatic carbocycles. The van der Waals surface area contributed by atoms with Gasteiger partial charge in [-0.25, -0.2) is 8.42 Å². The maximum absolute atomic E-state index is 13.0. The Bertz CT molecular complexity index is 701. The lowest BCUT2D eigenvalue weighted by molar-refractivity contribution is -0.134. The van der Waals surface area contributed by atoms with Gasteiger partial charge in [0.05, 0.1) is 4.90 Å². The van der Waals surface area contributed by atoms with Gasteiger partial charge >= 0.3 is 0 Å². The van der Waals surface area contributed by atoms with Crippen molar-refractivity contribution in [3.8, 4) is 0 Å². The van der Waals surface area contributed by atoms with Gasteiger partial charge in [0.25, 0.3) is 0 Å². The summed E-state index contributed by atoms with van der Waals surface area (Å²) in [5.41, 5.74) is 6.72. The third kappa shape index (κ3) is 4.59. The Morgan fingerprint density at radius 3 is 2.40 bits per heavy atom. The molecule has 25 heavy (non-hydrogen) atoms. The normalized spacial score (nSPS) is 22.4. The molecule has 0 saturated carbocycles. The van der Waals surface area contributed by atoms with Crippen LogP contribution in [-0.4, -0.2) is 44.4 Å². The Hall–Kier alpha value is -1.44. The van der Waals surface area contributed by atoms with Crippen molar-refractivity contribution in [1.82, 2.24) is 9.62 Å². The molecule has 1 heterocycles. The van der Waals surface area contributed by atoms with E-state index >= 15 is 0 Å². The van der Waals surface area contributed by atoms with E-state index in [0.29, 0.717) is 13.1 Å². The van der Waals surface area contributed by atoms with Gasteiger partial charge in [-0.2, -0.15) is 4.72 Å². The number of rotatable bonds is 6. The fourth-order valence-electron chi connectivity index (χ4n) is 3.22. The van der Waals surface area contributed by atoms with Crippen LogP contribution in [-0.2, 0) is 14.8 Å². The topological polar surface area (TPSA) is 92.5 Å². The highest BCUT2D eigenvalue weighted by Gasteiger charge is 2.37. The summed E-state index contributed by atoms with van der Waals surface area (Å²) in [5, 5.41) is 0. The minimum Gasteiger partial charge on any atom is -0.338 e. The van der Waals surface area contributed by atoms with Gasteiger partial charge in [-0.1, -0.05) is 31.5 Å². The number of likely N-dealkylation sites (tertiary alicyclic amines) is 1. The minimum atomic E-state index is -3.75. The molecule has 140 valence electrons. The molecule has 0 aromatic heterocycles. The second kappa shape index (κ2) is 7.85. The Labute approximate surface area is 150 Å². The van der Waals surface area contributed by atoms with Crippen molar-refractivity contribution in [1.29, 1.82) is 0 Å². The molecule has 0 bridgehead atoms. The summed E-state index contributed by atoms with van der Waals surface area (Å²) in [5.74, 6) is -0.0496. The number of amides is 1. The summed E-state index contributed by atoms with van der Waals surface area (Å²) < 4.78 is 28.0. The van der Waals surface area contributed by atoms with Crippen molar-refractivity contribution in [2.24, 2.45) is 17.6 Å². The molecule has 1 aliphatic rings. The number of carbonyl (C=O) groups is 1. The average molecular weight is 368 g/mol. The molecule has 3 N–H and O–H groups in total. The van der Waals surface area contributed by atoms with Crippen molar-refractivity contribution < 1.29 is 13.2 Å². The number of carbonyl (C=O) groups excluding carboxylic acids is 1. The first-order valence-corrected chi connectivity index (χ1v) is 10.2. The maximum Gasteiger partial charge on any atom is 0.241 e. The molecule has 1 amide bonds. The predicted molar refractivity (Wildman–Crippen MR) is 98.5 cm³/mol. The van der Waals surface area contributed by atoms with Gasteiger partial charge in [0.15, 0.2) is 0 Å². The van der Waals surface area contributed by atoms with Crippen LogP contribution in [0.1, 0.15) is 32.8 Å². The van der Waals surface area contributed by atoms with Crippen LogP contribution in [0.15, 0.2) is 29.2 Å². The monoisotopic (exact) mass is 367 g/mol. The number of benzene rings is 1. The van der Waals surface area contributed by atoms with Gasteiger partial charge in [-0.15, -0.1) is 0 Å². The summed E-state index contributed by atoms with van der Waals surface area (Å²) in [6.45, 7) is 8.70. The fourth-order valence-corrected chi connectivity index (χ4v) is 4.56. The molecule has 6 nitrogen and oxygen atoms in total. The smallest absolute Gasteiger partial charge is 0.241 e. The third-order valence-electron chi connectivity index (χ3n) is 4.82. The first kappa shape index (κ1) is 19.9. The van der Waals surface area contributed by atoms with Crippen LogP contribution in [0, 0.1) is 18.8 Å². The number of sulfonamides is 1. The van der Waals surface area contributed by atoms with Gasteiger partial charge in [-0.3, -0.25) is 4.79 Å². The Balaban J connectivity index is 2.20. The van der Waals surface area contributed by atoms with Crippen LogP contribution in [0.4, 0.5) is 0 Å². The minimum absolute atomic E-state index is 0.0752. The number of nitrogens with zero attached hydrogens (tertiary/aromatic N) is 1. The van der Waals surface area contributed by atoms with Crippen molar-refractivity contribution in [2.45, 2.75) is 51.1 Å². The first-order valence-electron chi connectivity index (χ1n) is 8.75. The lowest BCUT2D eigenvalue weighted by Gasteiger charge is -2.29. The van der Waals surface area contributed by atoms with Crippen LogP contribution in [0.2, 0.25) is 0 Å². The van der Waals surface area contributed by atoms with Gasteiger partial charge in [0.1, 0.15) is 6.04 Å². The summed E-state index contributed by atoms with van der Waals surface area (Å²) in [4.78, 5) is 14.9. The molecule has 1 aromatic rings. The van der Waals surface area contributed by atoms with Crippen LogP contribution in [0.5, 0.6) is 0 Å². The van der Waals surface area contributed by atoms with E-state index in [9.17, 15) is 13.2 Å². The molecule has 1 aliphatic heterocycles. The molecular weight excluding hydrogens is 338 g/mol. The van der Waals surface area contributed by atoms with Gasteiger partial charge in [0.2, 0.25) is 15.9 Å². The Kier molecular flexibility index (Phi) is 6.24. The van der Waals surface area contributed by atoms with E-state index in [4.69, 9.17) is 5.73 Å². The fraction of sp³-hybridized carbons (Fsp3) is 0.611. The van der Waals surface area contributed by atoms with Crippen molar-refractivity contribution in [2.75, 3.05) is 13.1 Å². The Morgan fingerprint density at radius 1 is 1.32 bits per heavy atom. The molecule has 3 atom stereocenters. The van der Waals surface area contributed by atoms with Crippen molar-refractivity contribution in [3.63, 3.8) is 0 Å². The summed E-state index contributed by atoms with van der Waals surface area (Å²) >= 11 is 0. The zero-order valence-electron chi connectivity index (χ0n) is 15.4. The first-order chi connectivity index (χ1) is 11.7. The lowest BCUT2D eigenvalue weighted by atomic mass is 10.0. The van der Waals surface area contributed by atoms with Crippen LogP contribution in [0.3, 0.4) is 0 Å². The van der Waals surface area contributed by atoms with E-state index in [1.165, 1.54) is 0 Å². The van der Waals surface area contributed by atoms with E-state index < -0.39 is 16.1 Å². The maximum atomic E-state index is 13.0. The molecule has 1 fully saturated rings. The number of hydrogen-bond donors (Lipinski definition) is 2. The van der Waals surface area contributed by atoms with Gasteiger partial charge in [-0.05, 0) is 50.8 Å². The van der Waals surface area contributed by atoms with E-state index in [1.807, 2.05) is 27.7 Å². The molecule has 0 radical (unpaired) electrons. The molecule has 7 heteroatoms. The third-order valence-corrected chi connectivity index (χ3v) is 6.28. The molecule has 0 spiro atoms. The molecule has 1 saturated heterocycles. The molecule has 2 rings (SSSR count). The average Bonchev–Trinajstić information content (AvgIpc) is 2.93. The van der Waals surface area contributed by atoms with E-state index in [-0.39, 0.29) is 28.7 Å². The predicted octanol–water partition coefficient (Wildman–Crippen LogP) is 1.49. The highest BCUT2D eigenvalue weighted by molar-refractivity contribution is 7.89. The van der Waals surface area contributed by atoms with E-state index in [1.54, 1.807) is 29.2 Å². The van der Waals surface area contributed by atoms with Crippen molar-refractivity contribution >= 4 is 15.9 Å². The van der Waals surface area contributed by atoms with E-state index in [2.05, 4.69) is 4.72 Å². The summed E-state index contributed by atoms with van der Waals surface area (Å²) in [6.07, 6.45) is 0.859. The zero-order valence-corrected chi connectivity index (χ0v) is 16.2. The SMILES string of the molecule is Cc1ccc(S(=O)(=O)NC(C(=O)N2CC(CN)CC2C)C(C)C)cc1.